The number of nitrogens with zero attached hydrogens (tertiary/aromatic N) is 5. The average Bonchev–Trinajstić information content (AvgIpc) is 2.72. The fourth-order valence-electron chi connectivity index (χ4n) is 1.97. The molecule has 96 valence electrons. The first-order valence-electron chi connectivity index (χ1n) is 6.03. The van der Waals surface area contributed by atoms with Gasteiger partial charge in [-0.15, -0.1) is 0 Å². The molecule has 5 heteroatoms. The van der Waals surface area contributed by atoms with Crippen LogP contribution in [0.1, 0.15) is 17.0 Å². The number of hydrogen-bond acceptors (Lipinski definition) is 2. The van der Waals surface area contributed by atoms with Crippen molar-refractivity contribution in [3.05, 3.63) is 63.8 Å². The summed E-state index contributed by atoms with van der Waals surface area (Å²) in [7, 11) is 0. The van der Waals surface area contributed by atoms with E-state index in [1.165, 1.54) is 0 Å². The molecule has 5 nitrogen and oxygen atoms in total. The zero-order valence-corrected chi connectivity index (χ0v) is 11.0. The van der Waals surface area contributed by atoms with Crippen LogP contribution in [0, 0.1) is 13.8 Å². The monoisotopic (exact) mass is 253 g/mol. The van der Waals surface area contributed by atoms with Gasteiger partial charge >= 0.3 is 0 Å². The largest absolute Gasteiger partial charge is 0.237 e. The molecule has 0 atom stereocenters. The summed E-state index contributed by atoms with van der Waals surface area (Å²) < 4.78 is 1.92. The third-order valence-electron chi connectivity index (χ3n) is 2.88. The van der Waals surface area contributed by atoms with Crippen molar-refractivity contribution in [2.75, 3.05) is 6.54 Å². The number of hydrogen-bond donors (Lipinski definition) is 0. The summed E-state index contributed by atoms with van der Waals surface area (Å²) in [6.45, 7) is 4.35. The van der Waals surface area contributed by atoms with Crippen LogP contribution in [0.3, 0.4) is 0 Å². The number of para-hydroxylation sites is 1. The maximum absolute atomic E-state index is 8.23. The minimum absolute atomic E-state index is 0.353. The fourth-order valence-corrected chi connectivity index (χ4v) is 1.97. The molecule has 1 aromatic heterocycles. The van der Waals surface area contributed by atoms with Gasteiger partial charge in [0, 0.05) is 22.7 Å². The number of rotatable bonds is 4. The van der Waals surface area contributed by atoms with Gasteiger partial charge in [-0.25, -0.2) is 4.68 Å². The van der Waals surface area contributed by atoms with E-state index in [2.05, 4.69) is 15.1 Å². The van der Waals surface area contributed by atoms with Crippen LogP contribution in [0.4, 0.5) is 0 Å². The normalized spacial score (nSPS) is 10.6. The van der Waals surface area contributed by atoms with Crippen molar-refractivity contribution in [3.8, 4) is 5.69 Å². The summed E-state index contributed by atoms with van der Waals surface area (Å²) in [5.41, 5.74) is 12.4. The van der Waals surface area contributed by atoms with E-state index in [0.29, 0.717) is 6.54 Å². The smallest absolute Gasteiger partial charge is 0.0673 e. The number of azide groups is 1. The first-order valence-corrected chi connectivity index (χ1v) is 6.03. The predicted octanol–water partition coefficient (Wildman–Crippen LogP) is 3.81. The molecule has 0 spiro atoms. The van der Waals surface area contributed by atoms with Gasteiger partial charge in [0.2, 0.25) is 0 Å². The molecule has 0 aliphatic rings. The van der Waals surface area contributed by atoms with Crippen LogP contribution in [-0.2, 0) is 0 Å². The standard InChI is InChI=1S/C14H15N5/c1-11-14(9-6-10-16-18-15)12(2)19(17-11)13-7-4-3-5-8-13/h3-9H,10H2,1-2H3. The van der Waals surface area contributed by atoms with Crippen molar-refractivity contribution in [2.45, 2.75) is 13.8 Å². The summed E-state index contributed by atoms with van der Waals surface area (Å²) in [6.07, 6.45) is 3.79. The molecule has 0 radical (unpaired) electrons. The minimum atomic E-state index is 0.353. The van der Waals surface area contributed by atoms with E-state index in [4.69, 9.17) is 5.53 Å². The molecular weight excluding hydrogens is 238 g/mol. The molecule has 0 bridgehead atoms. The Kier molecular flexibility index (Phi) is 4.00. The molecule has 0 unspecified atom stereocenters. The highest BCUT2D eigenvalue weighted by Gasteiger charge is 2.09. The number of aryl methyl sites for hydroxylation is 1. The van der Waals surface area contributed by atoms with Crippen molar-refractivity contribution in [2.24, 2.45) is 5.11 Å². The molecular formula is C14H15N5. The Labute approximate surface area is 111 Å². The van der Waals surface area contributed by atoms with Gasteiger partial charge in [0.1, 0.15) is 0 Å². The van der Waals surface area contributed by atoms with Crippen LogP contribution in [0.25, 0.3) is 22.2 Å². The Bertz CT molecular complexity index is 633. The van der Waals surface area contributed by atoms with E-state index in [1.807, 2.05) is 61.0 Å². The van der Waals surface area contributed by atoms with Crippen LogP contribution >= 0.6 is 0 Å². The van der Waals surface area contributed by atoms with Crippen molar-refractivity contribution in [1.82, 2.24) is 9.78 Å². The van der Waals surface area contributed by atoms with Crippen LogP contribution in [0.15, 0.2) is 41.5 Å². The van der Waals surface area contributed by atoms with Gasteiger partial charge in [0.05, 0.1) is 11.4 Å². The van der Waals surface area contributed by atoms with Gasteiger partial charge in [-0.05, 0) is 31.5 Å². The first-order chi connectivity index (χ1) is 9.24. The Morgan fingerprint density at radius 1 is 1.32 bits per heavy atom. The molecule has 0 fully saturated rings. The summed E-state index contributed by atoms with van der Waals surface area (Å²) >= 11 is 0. The predicted molar refractivity (Wildman–Crippen MR) is 76.1 cm³/mol. The van der Waals surface area contributed by atoms with Gasteiger partial charge in [-0.3, -0.25) is 0 Å². The van der Waals surface area contributed by atoms with E-state index >= 15 is 0 Å². The topological polar surface area (TPSA) is 66.6 Å². The lowest BCUT2D eigenvalue weighted by molar-refractivity contribution is 0.833. The molecule has 0 aliphatic heterocycles. The molecule has 2 aromatic rings. The minimum Gasteiger partial charge on any atom is -0.237 e. The Balaban J connectivity index is 2.35. The number of aromatic nitrogens is 2. The number of benzene rings is 1. The highest BCUT2D eigenvalue weighted by atomic mass is 15.3. The van der Waals surface area contributed by atoms with Crippen molar-refractivity contribution in [1.29, 1.82) is 0 Å². The van der Waals surface area contributed by atoms with E-state index in [-0.39, 0.29) is 0 Å². The van der Waals surface area contributed by atoms with Gasteiger partial charge in [0.25, 0.3) is 0 Å². The van der Waals surface area contributed by atoms with Crippen molar-refractivity contribution in [3.63, 3.8) is 0 Å². The Morgan fingerprint density at radius 2 is 2.05 bits per heavy atom. The third-order valence-corrected chi connectivity index (χ3v) is 2.88. The van der Waals surface area contributed by atoms with E-state index < -0.39 is 0 Å². The summed E-state index contributed by atoms with van der Waals surface area (Å²) in [5.74, 6) is 0. The summed E-state index contributed by atoms with van der Waals surface area (Å²) in [4.78, 5) is 2.72. The zero-order chi connectivity index (χ0) is 13.7. The average molecular weight is 253 g/mol. The SMILES string of the molecule is Cc1nn(-c2ccccc2)c(C)c1C=CCN=[N+]=[N-]. The van der Waals surface area contributed by atoms with Crippen LogP contribution in [0.2, 0.25) is 0 Å². The van der Waals surface area contributed by atoms with Crippen molar-refractivity contribution >= 4 is 6.08 Å². The lowest BCUT2D eigenvalue weighted by Gasteiger charge is -2.03. The van der Waals surface area contributed by atoms with Crippen LogP contribution in [0.5, 0.6) is 0 Å². The second kappa shape index (κ2) is 5.89. The first kappa shape index (κ1) is 12.9. The maximum Gasteiger partial charge on any atom is 0.0673 e. The molecule has 0 amide bonds. The molecule has 0 N–H and O–H groups in total. The Hall–Kier alpha value is -2.52. The molecule has 0 saturated heterocycles. The molecule has 0 saturated carbocycles. The lowest BCUT2D eigenvalue weighted by Crippen LogP contribution is -1.98. The lowest BCUT2D eigenvalue weighted by atomic mass is 10.2. The molecule has 0 aliphatic carbocycles. The fraction of sp³-hybridized carbons (Fsp3) is 0.214. The third kappa shape index (κ3) is 2.84. The van der Waals surface area contributed by atoms with Crippen LogP contribution < -0.4 is 0 Å². The zero-order valence-electron chi connectivity index (χ0n) is 11.0. The van der Waals surface area contributed by atoms with E-state index in [9.17, 15) is 0 Å². The molecule has 1 heterocycles. The van der Waals surface area contributed by atoms with Gasteiger partial charge in [0.15, 0.2) is 0 Å². The highest BCUT2D eigenvalue weighted by Crippen LogP contribution is 2.18. The quantitative estimate of drug-likeness (QED) is 0.464. The van der Waals surface area contributed by atoms with Gasteiger partial charge < -0.3 is 0 Å². The van der Waals surface area contributed by atoms with Gasteiger partial charge in [-0.2, -0.15) is 5.10 Å². The highest BCUT2D eigenvalue weighted by molar-refractivity contribution is 5.56. The molecule has 1 aromatic carbocycles. The van der Waals surface area contributed by atoms with Crippen molar-refractivity contribution < 1.29 is 0 Å². The van der Waals surface area contributed by atoms with Gasteiger partial charge in [-0.1, -0.05) is 35.5 Å². The maximum atomic E-state index is 8.23. The molecule has 2 rings (SSSR count). The second-order valence-electron chi connectivity index (χ2n) is 4.15. The summed E-state index contributed by atoms with van der Waals surface area (Å²) in [5, 5.41) is 8.02. The van der Waals surface area contributed by atoms with E-state index in [1.54, 1.807) is 0 Å². The Morgan fingerprint density at radius 3 is 2.74 bits per heavy atom. The second-order valence-corrected chi connectivity index (χ2v) is 4.15. The summed E-state index contributed by atoms with van der Waals surface area (Å²) in [6, 6.07) is 10.0. The van der Waals surface area contributed by atoms with Crippen LogP contribution in [-0.4, -0.2) is 16.3 Å². The molecule has 19 heavy (non-hydrogen) atoms. The van der Waals surface area contributed by atoms with E-state index in [0.717, 1.165) is 22.6 Å².